The summed E-state index contributed by atoms with van der Waals surface area (Å²) in [5.74, 6) is 0.513. The molecule has 2 N–H and O–H groups in total. The Labute approximate surface area is 157 Å². The van der Waals surface area contributed by atoms with E-state index in [1.54, 1.807) is 0 Å². The van der Waals surface area contributed by atoms with Gasteiger partial charge >= 0.3 is 0 Å². The lowest BCUT2D eigenvalue weighted by Gasteiger charge is -2.31. The Morgan fingerprint density at radius 2 is 1.81 bits per heavy atom. The monoisotopic (exact) mass is 350 g/mol. The molecule has 2 unspecified atom stereocenters. The molecule has 0 heterocycles. The van der Waals surface area contributed by atoms with Gasteiger partial charge in [-0.05, 0) is 56.2 Å². The van der Waals surface area contributed by atoms with Crippen molar-refractivity contribution in [2.45, 2.75) is 57.5 Å². The number of rotatable bonds is 7. The van der Waals surface area contributed by atoms with Gasteiger partial charge in [0.2, 0.25) is 5.91 Å². The van der Waals surface area contributed by atoms with Crippen LogP contribution in [-0.2, 0) is 11.2 Å². The van der Waals surface area contributed by atoms with E-state index in [2.05, 4.69) is 79.9 Å². The van der Waals surface area contributed by atoms with Crippen molar-refractivity contribution in [3.8, 4) is 0 Å². The number of benzene rings is 2. The molecule has 0 aromatic heterocycles. The van der Waals surface area contributed by atoms with Crippen LogP contribution in [0.4, 0.5) is 0 Å². The third kappa shape index (κ3) is 4.73. The lowest BCUT2D eigenvalue weighted by molar-refractivity contribution is -0.121. The molecule has 138 valence electrons. The molecule has 3 rings (SSSR count). The molecule has 2 aromatic rings. The van der Waals surface area contributed by atoms with Crippen LogP contribution >= 0.6 is 0 Å². The van der Waals surface area contributed by atoms with Gasteiger partial charge in [-0.2, -0.15) is 0 Å². The molecule has 0 saturated carbocycles. The van der Waals surface area contributed by atoms with Gasteiger partial charge in [-0.3, -0.25) is 4.79 Å². The predicted octanol–water partition coefficient (Wildman–Crippen LogP) is 4.35. The highest BCUT2D eigenvalue weighted by Crippen LogP contribution is 2.35. The molecule has 0 radical (unpaired) electrons. The quantitative estimate of drug-likeness (QED) is 0.779. The van der Waals surface area contributed by atoms with Gasteiger partial charge in [0.1, 0.15) is 0 Å². The van der Waals surface area contributed by atoms with Crippen molar-refractivity contribution < 1.29 is 4.79 Å². The zero-order valence-corrected chi connectivity index (χ0v) is 16.1. The van der Waals surface area contributed by atoms with E-state index in [0.29, 0.717) is 18.9 Å². The second kappa shape index (κ2) is 8.05. The van der Waals surface area contributed by atoms with Crippen molar-refractivity contribution in [3.63, 3.8) is 0 Å². The minimum Gasteiger partial charge on any atom is -0.354 e. The Hall–Kier alpha value is -2.13. The highest BCUT2D eigenvalue weighted by Gasteiger charge is 2.26. The fraction of sp³-hybridized carbons (Fsp3) is 0.435. The molecule has 0 fully saturated rings. The zero-order chi connectivity index (χ0) is 18.6. The molecule has 0 spiro atoms. The topological polar surface area (TPSA) is 41.1 Å². The molecule has 2 aromatic carbocycles. The summed E-state index contributed by atoms with van der Waals surface area (Å²) in [6, 6.07) is 19.2. The molecule has 2 atom stereocenters. The summed E-state index contributed by atoms with van der Waals surface area (Å²) in [5.41, 5.74) is 3.86. The van der Waals surface area contributed by atoms with Crippen LogP contribution < -0.4 is 10.6 Å². The summed E-state index contributed by atoms with van der Waals surface area (Å²) in [6.07, 6.45) is 2.76. The van der Waals surface area contributed by atoms with Gasteiger partial charge in [0.15, 0.2) is 0 Å². The Morgan fingerprint density at radius 3 is 2.58 bits per heavy atom. The first-order chi connectivity index (χ1) is 12.4. The Morgan fingerprint density at radius 1 is 1.12 bits per heavy atom. The summed E-state index contributed by atoms with van der Waals surface area (Å²) in [6.45, 7) is 7.06. The number of hydrogen-bond donors (Lipinski definition) is 2. The summed E-state index contributed by atoms with van der Waals surface area (Å²) in [5, 5.41) is 6.76. The standard InChI is InChI=1S/C23H30N2O/c1-17(18-9-5-4-6-10-18)25-23(2,3)16-24-22(26)15-20-14-13-19-11-7-8-12-21(19)20/h4-12,17,20,25H,13-16H2,1-3H3,(H,24,26). The lowest BCUT2D eigenvalue weighted by Crippen LogP contribution is -2.49. The number of carbonyl (C=O) groups excluding carboxylic acids is 1. The van der Waals surface area contributed by atoms with Crippen LogP contribution in [0, 0.1) is 0 Å². The predicted molar refractivity (Wildman–Crippen MR) is 107 cm³/mol. The van der Waals surface area contributed by atoms with Gasteiger partial charge in [-0.1, -0.05) is 54.6 Å². The second-order valence-corrected chi connectivity index (χ2v) is 8.08. The zero-order valence-electron chi connectivity index (χ0n) is 16.1. The summed E-state index contributed by atoms with van der Waals surface area (Å²) in [7, 11) is 0. The third-order valence-electron chi connectivity index (χ3n) is 5.32. The fourth-order valence-electron chi connectivity index (χ4n) is 3.94. The van der Waals surface area contributed by atoms with E-state index in [0.717, 1.165) is 12.8 Å². The summed E-state index contributed by atoms with van der Waals surface area (Å²) < 4.78 is 0. The van der Waals surface area contributed by atoms with Crippen LogP contribution in [0.2, 0.25) is 0 Å². The Bertz CT molecular complexity index is 739. The summed E-state index contributed by atoms with van der Waals surface area (Å²) >= 11 is 0. The van der Waals surface area contributed by atoms with E-state index in [1.165, 1.54) is 16.7 Å². The highest BCUT2D eigenvalue weighted by molar-refractivity contribution is 5.77. The van der Waals surface area contributed by atoms with Gasteiger partial charge in [0.05, 0.1) is 0 Å². The smallest absolute Gasteiger partial charge is 0.220 e. The minimum atomic E-state index is -0.168. The van der Waals surface area contributed by atoms with Crippen LogP contribution in [0.3, 0.4) is 0 Å². The van der Waals surface area contributed by atoms with E-state index in [1.807, 2.05) is 6.07 Å². The molecule has 3 nitrogen and oxygen atoms in total. The first kappa shape index (κ1) is 18.7. The minimum absolute atomic E-state index is 0.147. The first-order valence-corrected chi connectivity index (χ1v) is 9.62. The fourth-order valence-corrected chi connectivity index (χ4v) is 3.94. The second-order valence-electron chi connectivity index (χ2n) is 8.08. The maximum atomic E-state index is 12.5. The van der Waals surface area contributed by atoms with Crippen molar-refractivity contribution >= 4 is 5.91 Å². The van der Waals surface area contributed by atoms with Crippen LogP contribution in [0.25, 0.3) is 0 Å². The molecule has 0 saturated heterocycles. The number of hydrogen-bond acceptors (Lipinski definition) is 2. The normalized spacial score (nSPS) is 17.6. The first-order valence-electron chi connectivity index (χ1n) is 9.62. The third-order valence-corrected chi connectivity index (χ3v) is 5.32. The van der Waals surface area contributed by atoms with Crippen molar-refractivity contribution in [2.24, 2.45) is 0 Å². The molecule has 3 heteroatoms. The number of amides is 1. The Balaban J connectivity index is 1.49. The molecular formula is C23H30N2O. The number of aryl methyl sites for hydroxylation is 1. The van der Waals surface area contributed by atoms with E-state index < -0.39 is 0 Å². The molecule has 1 aliphatic rings. The SMILES string of the molecule is CC(NC(C)(C)CNC(=O)CC1CCc2ccccc21)c1ccccc1. The van der Waals surface area contributed by atoms with Crippen molar-refractivity contribution in [2.75, 3.05) is 6.54 Å². The number of carbonyl (C=O) groups is 1. The van der Waals surface area contributed by atoms with Crippen LogP contribution in [0.5, 0.6) is 0 Å². The van der Waals surface area contributed by atoms with E-state index in [4.69, 9.17) is 0 Å². The molecular weight excluding hydrogens is 320 g/mol. The maximum absolute atomic E-state index is 12.5. The van der Waals surface area contributed by atoms with Gasteiger partial charge in [0.25, 0.3) is 0 Å². The largest absolute Gasteiger partial charge is 0.354 e. The van der Waals surface area contributed by atoms with Crippen LogP contribution in [0.15, 0.2) is 54.6 Å². The molecule has 0 bridgehead atoms. The van der Waals surface area contributed by atoms with Gasteiger partial charge in [-0.25, -0.2) is 0 Å². The number of nitrogens with one attached hydrogen (secondary N) is 2. The van der Waals surface area contributed by atoms with Gasteiger partial charge < -0.3 is 10.6 Å². The van der Waals surface area contributed by atoms with Crippen LogP contribution in [-0.4, -0.2) is 18.0 Å². The molecule has 1 aliphatic carbocycles. The highest BCUT2D eigenvalue weighted by atomic mass is 16.1. The van der Waals surface area contributed by atoms with Gasteiger partial charge in [-0.15, -0.1) is 0 Å². The van der Waals surface area contributed by atoms with E-state index in [-0.39, 0.29) is 17.5 Å². The maximum Gasteiger partial charge on any atom is 0.220 e. The lowest BCUT2D eigenvalue weighted by atomic mass is 9.97. The van der Waals surface area contributed by atoms with Crippen molar-refractivity contribution in [3.05, 3.63) is 71.3 Å². The van der Waals surface area contributed by atoms with E-state index in [9.17, 15) is 4.79 Å². The molecule has 26 heavy (non-hydrogen) atoms. The molecule has 1 amide bonds. The van der Waals surface area contributed by atoms with Crippen molar-refractivity contribution in [1.82, 2.24) is 10.6 Å². The number of fused-ring (bicyclic) bond motifs is 1. The van der Waals surface area contributed by atoms with E-state index >= 15 is 0 Å². The van der Waals surface area contributed by atoms with Crippen LogP contribution in [0.1, 0.15) is 62.3 Å². The van der Waals surface area contributed by atoms with Gasteiger partial charge in [0, 0.05) is 24.5 Å². The Kier molecular flexibility index (Phi) is 5.77. The average molecular weight is 351 g/mol. The summed E-state index contributed by atoms with van der Waals surface area (Å²) in [4.78, 5) is 12.5. The molecule has 0 aliphatic heterocycles. The van der Waals surface area contributed by atoms with Crippen molar-refractivity contribution in [1.29, 1.82) is 0 Å². The average Bonchev–Trinajstić information content (AvgIpc) is 3.04.